The third kappa shape index (κ3) is 2.06. The maximum Gasteiger partial charge on any atom is 0.225 e. The second-order valence-electron chi connectivity index (χ2n) is 5.00. The number of nitrogens with one attached hydrogen (secondary N) is 1. The Morgan fingerprint density at radius 2 is 2.21 bits per heavy atom. The van der Waals surface area contributed by atoms with E-state index in [1.54, 1.807) is 6.20 Å². The molecule has 0 amide bonds. The van der Waals surface area contributed by atoms with Crippen LogP contribution in [0.15, 0.2) is 12.4 Å². The van der Waals surface area contributed by atoms with Crippen molar-refractivity contribution in [3.05, 3.63) is 29.3 Å². The molecule has 19 heavy (non-hydrogen) atoms. The van der Waals surface area contributed by atoms with E-state index in [0.717, 1.165) is 11.3 Å². The van der Waals surface area contributed by atoms with Gasteiger partial charge in [0.15, 0.2) is 0 Å². The smallest absolute Gasteiger partial charge is 0.225 e. The van der Waals surface area contributed by atoms with Gasteiger partial charge in [-0.1, -0.05) is 0 Å². The molecular formula is C12H16N6O. The molecule has 0 radical (unpaired) electrons. The first-order chi connectivity index (χ1) is 9.08. The number of H-pyrrole nitrogens is 1. The number of aromatic amines is 1. The van der Waals surface area contributed by atoms with Crippen LogP contribution in [0, 0.1) is 13.8 Å². The standard InChI is InChI=1S/C12H16N6O/c1-8-5-13-11(15-9(8)2)18-4-3-12(19,7-18)10-6-14-17-16-10/h5-6,19H,3-4,7H2,1-2H3,(H,14,16,17)/t12-/m0/s1. The van der Waals surface area contributed by atoms with Gasteiger partial charge in [-0.05, 0) is 19.4 Å². The second-order valence-corrected chi connectivity index (χ2v) is 5.00. The molecule has 1 atom stereocenters. The predicted molar refractivity (Wildman–Crippen MR) is 68.6 cm³/mol. The Hall–Kier alpha value is -2.02. The summed E-state index contributed by atoms with van der Waals surface area (Å²) in [5, 5.41) is 20.8. The predicted octanol–water partition coefficient (Wildman–Crippen LogP) is 0.309. The van der Waals surface area contributed by atoms with Gasteiger partial charge in [0.1, 0.15) is 11.3 Å². The Morgan fingerprint density at radius 1 is 1.37 bits per heavy atom. The molecule has 100 valence electrons. The van der Waals surface area contributed by atoms with Crippen LogP contribution in [0.2, 0.25) is 0 Å². The summed E-state index contributed by atoms with van der Waals surface area (Å²) in [6.07, 6.45) is 3.96. The lowest BCUT2D eigenvalue weighted by atomic mass is 10.0. The number of hydrogen-bond acceptors (Lipinski definition) is 6. The van der Waals surface area contributed by atoms with Crippen molar-refractivity contribution in [1.82, 2.24) is 25.4 Å². The van der Waals surface area contributed by atoms with Gasteiger partial charge in [-0.2, -0.15) is 15.4 Å². The highest BCUT2D eigenvalue weighted by Crippen LogP contribution is 2.31. The molecule has 0 aliphatic carbocycles. The van der Waals surface area contributed by atoms with Gasteiger partial charge < -0.3 is 10.0 Å². The third-order valence-corrected chi connectivity index (χ3v) is 3.63. The van der Waals surface area contributed by atoms with Crippen LogP contribution in [0.25, 0.3) is 0 Å². The van der Waals surface area contributed by atoms with Crippen LogP contribution < -0.4 is 4.90 Å². The van der Waals surface area contributed by atoms with Crippen molar-refractivity contribution in [2.75, 3.05) is 18.0 Å². The van der Waals surface area contributed by atoms with E-state index in [4.69, 9.17) is 0 Å². The summed E-state index contributed by atoms with van der Waals surface area (Å²) in [5.74, 6) is 0.655. The summed E-state index contributed by atoms with van der Waals surface area (Å²) in [7, 11) is 0. The zero-order valence-electron chi connectivity index (χ0n) is 11.0. The number of hydrogen-bond donors (Lipinski definition) is 2. The van der Waals surface area contributed by atoms with E-state index in [0.29, 0.717) is 31.2 Å². The lowest BCUT2D eigenvalue weighted by Gasteiger charge is -2.21. The molecule has 7 nitrogen and oxygen atoms in total. The minimum atomic E-state index is -0.977. The molecule has 0 bridgehead atoms. The number of anilines is 1. The third-order valence-electron chi connectivity index (χ3n) is 3.63. The summed E-state index contributed by atoms with van der Waals surface area (Å²) >= 11 is 0. The Bertz CT molecular complexity index is 584. The average molecular weight is 260 g/mol. The van der Waals surface area contributed by atoms with Gasteiger partial charge in [-0.15, -0.1) is 0 Å². The Morgan fingerprint density at radius 3 is 2.89 bits per heavy atom. The number of aromatic nitrogens is 5. The number of rotatable bonds is 2. The highest BCUT2D eigenvalue weighted by molar-refractivity contribution is 5.36. The van der Waals surface area contributed by atoms with Crippen molar-refractivity contribution in [3.63, 3.8) is 0 Å². The Balaban J connectivity index is 1.84. The van der Waals surface area contributed by atoms with Gasteiger partial charge in [-0.3, -0.25) is 0 Å². The van der Waals surface area contributed by atoms with E-state index in [1.165, 1.54) is 0 Å². The second kappa shape index (κ2) is 4.27. The van der Waals surface area contributed by atoms with Crippen molar-refractivity contribution >= 4 is 5.95 Å². The monoisotopic (exact) mass is 260 g/mol. The summed E-state index contributed by atoms with van der Waals surface area (Å²) in [6, 6.07) is 0. The fourth-order valence-corrected chi connectivity index (χ4v) is 2.27. The molecular weight excluding hydrogens is 244 g/mol. The van der Waals surface area contributed by atoms with Crippen LogP contribution in [0.1, 0.15) is 23.4 Å². The van der Waals surface area contributed by atoms with E-state index < -0.39 is 5.60 Å². The van der Waals surface area contributed by atoms with Crippen LogP contribution in [-0.2, 0) is 5.60 Å². The Kier molecular flexibility index (Phi) is 2.70. The molecule has 0 unspecified atom stereocenters. The van der Waals surface area contributed by atoms with E-state index >= 15 is 0 Å². The molecule has 2 aromatic rings. The van der Waals surface area contributed by atoms with Gasteiger partial charge in [0.25, 0.3) is 0 Å². The molecule has 1 aliphatic heterocycles. The van der Waals surface area contributed by atoms with E-state index in [-0.39, 0.29) is 0 Å². The Labute approximate surface area is 110 Å². The van der Waals surface area contributed by atoms with Crippen LogP contribution >= 0.6 is 0 Å². The summed E-state index contributed by atoms with van der Waals surface area (Å²) in [6.45, 7) is 5.07. The first-order valence-corrected chi connectivity index (χ1v) is 6.22. The molecule has 2 aromatic heterocycles. The van der Waals surface area contributed by atoms with Crippen molar-refractivity contribution in [3.8, 4) is 0 Å². The molecule has 1 saturated heterocycles. The largest absolute Gasteiger partial charge is 0.381 e. The van der Waals surface area contributed by atoms with Gasteiger partial charge in [0, 0.05) is 24.9 Å². The zero-order chi connectivity index (χ0) is 13.5. The van der Waals surface area contributed by atoms with Crippen LogP contribution in [0.3, 0.4) is 0 Å². The normalized spacial score (nSPS) is 23.0. The van der Waals surface area contributed by atoms with Crippen LogP contribution in [-0.4, -0.2) is 43.6 Å². The summed E-state index contributed by atoms with van der Waals surface area (Å²) < 4.78 is 0. The fraction of sp³-hybridized carbons (Fsp3) is 0.500. The SMILES string of the molecule is Cc1cnc(N2CC[C@@](O)(c3cn[nH]n3)C2)nc1C. The first kappa shape index (κ1) is 12.0. The maximum atomic E-state index is 10.6. The molecule has 1 aliphatic rings. The average Bonchev–Trinajstić information content (AvgIpc) is 3.02. The summed E-state index contributed by atoms with van der Waals surface area (Å²) in [5.41, 5.74) is 1.62. The van der Waals surface area contributed by atoms with Crippen molar-refractivity contribution < 1.29 is 5.11 Å². The minimum absolute atomic E-state index is 0.433. The maximum absolute atomic E-state index is 10.6. The highest BCUT2D eigenvalue weighted by Gasteiger charge is 2.40. The van der Waals surface area contributed by atoms with Crippen molar-refractivity contribution in [2.24, 2.45) is 0 Å². The lowest BCUT2D eigenvalue weighted by Crippen LogP contribution is -2.32. The van der Waals surface area contributed by atoms with Gasteiger partial charge in [0.2, 0.25) is 5.95 Å². The van der Waals surface area contributed by atoms with Crippen LogP contribution in [0.4, 0.5) is 5.95 Å². The molecule has 7 heteroatoms. The summed E-state index contributed by atoms with van der Waals surface area (Å²) in [4.78, 5) is 10.8. The first-order valence-electron chi connectivity index (χ1n) is 6.22. The van der Waals surface area contributed by atoms with E-state index in [9.17, 15) is 5.11 Å². The van der Waals surface area contributed by atoms with E-state index in [2.05, 4.69) is 25.4 Å². The van der Waals surface area contributed by atoms with E-state index in [1.807, 2.05) is 24.9 Å². The van der Waals surface area contributed by atoms with Gasteiger partial charge in [-0.25, -0.2) is 9.97 Å². The number of β-amino-alcohol motifs (C(OH)–C–C–N with tert-alkyl or cyclic N) is 1. The van der Waals surface area contributed by atoms with Crippen LogP contribution in [0.5, 0.6) is 0 Å². The van der Waals surface area contributed by atoms with Gasteiger partial charge >= 0.3 is 0 Å². The minimum Gasteiger partial charge on any atom is -0.381 e. The number of aliphatic hydroxyl groups is 1. The molecule has 3 rings (SSSR count). The fourth-order valence-electron chi connectivity index (χ4n) is 2.27. The topological polar surface area (TPSA) is 90.8 Å². The van der Waals surface area contributed by atoms with Crippen molar-refractivity contribution in [1.29, 1.82) is 0 Å². The zero-order valence-corrected chi connectivity index (χ0v) is 11.0. The quantitative estimate of drug-likeness (QED) is 0.807. The molecule has 0 saturated carbocycles. The lowest BCUT2D eigenvalue weighted by molar-refractivity contribution is 0.0559. The molecule has 0 spiro atoms. The molecule has 3 heterocycles. The molecule has 1 fully saturated rings. The number of aryl methyl sites for hydroxylation is 2. The molecule has 2 N–H and O–H groups in total. The number of nitrogens with zero attached hydrogens (tertiary/aromatic N) is 5. The van der Waals surface area contributed by atoms with Crippen molar-refractivity contribution in [2.45, 2.75) is 25.9 Å². The van der Waals surface area contributed by atoms with Gasteiger partial charge in [0.05, 0.1) is 12.7 Å². The molecule has 0 aromatic carbocycles. The highest BCUT2D eigenvalue weighted by atomic mass is 16.3.